The molecule has 1 nitrogen and oxygen atoms in total. The SMILES string of the molecule is c1ccc(-c2ccc3oc4ccccc4c3c2-c2c3ccccc3c(-c3ccccc3)c3ccccc23)cc1. The Bertz CT molecular complexity index is 2090. The van der Waals surface area contributed by atoms with Gasteiger partial charge in [0.15, 0.2) is 0 Å². The van der Waals surface area contributed by atoms with Crippen LogP contribution in [0.4, 0.5) is 0 Å². The highest BCUT2D eigenvalue weighted by Gasteiger charge is 2.23. The summed E-state index contributed by atoms with van der Waals surface area (Å²) in [6.45, 7) is 0. The topological polar surface area (TPSA) is 13.1 Å². The van der Waals surface area contributed by atoms with Gasteiger partial charge in [-0.25, -0.2) is 0 Å². The number of hydrogen-bond donors (Lipinski definition) is 0. The van der Waals surface area contributed by atoms with Gasteiger partial charge in [0.25, 0.3) is 0 Å². The van der Waals surface area contributed by atoms with E-state index in [2.05, 4.69) is 140 Å². The van der Waals surface area contributed by atoms with E-state index < -0.39 is 0 Å². The Hall–Kier alpha value is -5.14. The van der Waals surface area contributed by atoms with E-state index in [1.165, 1.54) is 54.9 Å². The van der Waals surface area contributed by atoms with Crippen LogP contribution in [0.3, 0.4) is 0 Å². The van der Waals surface area contributed by atoms with E-state index in [0.29, 0.717) is 0 Å². The molecule has 0 spiro atoms. The fourth-order valence-electron chi connectivity index (χ4n) is 6.25. The van der Waals surface area contributed by atoms with Crippen molar-refractivity contribution in [3.05, 3.63) is 146 Å². The third-order valence-corrected chi connectivity index (χ3v) is 7.87. The minimum absolute atomic E-state index is 0.908. The summed E-state index contributed by atoms with van der Waals surface area (Å²) in [6, 6.07) is 51.9. The molecule has 0 saturated heterocycles. The monoisotopic (exact) mass is 496 g/mol. The normalized spacial score (nSPS) is 11.6. The molecule has 0 atom stereocenters. The second-order valence-corrected chi connectivity index (χ2v) is 10.0. The van der Waals surface area contributed by atoms with Crippen LogP contribution in [-0.2, 0) is 0 Å². The second-order valence-electron chi connectivity index (χ2n) is 10.0. The summed E-state index contributed by atoms with van der Waals surface area (Å²) in [7, 11) is 0. The van der Waals surface area contributed by atoms with Crippen LogP contribution in [-0.4, -0.2) is 0 Å². The van der Waals surface area contributed by atoms with Gasteiger partial charge in [0.05, 0.1) is 0 Å². The lowest BCUT2D eigenvalue weighted by atomic mass is 9.82. The average Bonchev–Trinajstić information content (AvgIpc) is 3.39. The maximum absolute atomic E-state index is 6.42. The molecule has 182 valence electrons. The van der Waals surface area contributed by atoms with E-state index in [0.717, 1.165) is 21.9 Å². The number of rotatable bonds is 3. The Morgan fingerprint density at radius 1 is 0.308 bits per heavy atom. The Balaban J connectivity index is 1.63. The molecule has 0 radical (unpaired) electrons. The van der Waals surface area contributed by atoms with Gasteiger partial charge >= 0.3 is 0 Å². The molecule has 0 N–H and O–H groups in total. The van der Waals surface area contributed by atoms with Crippen molar-refractivity contribution in [2.75, 3.05) is 0 Å². The lowest BCUT2D eigenvalue weighted by molar-refractivity contribution is 0.669. The number of fused-ring (bicyclic) bond motifs is 5. The van der Waals surface area contributed by atoms with Gasteiger partial charge in [-0.2, -0.15) is 0 Å². The zero-order valence-electron chi connectivity index (χ0n) is 21.3. The summed E-state index contributed by atoms with van der Waals surface area (Å²) in [5.41, 5.74) is 9.19. The molecule has 1 heterocycles. The first-order chi connectivity index (χ1) is 19.4. The Kier molecular flexibility index (Phi) is 4.89. The minimum Gasteiger partial charge on any atom is -0.456 e. The van der Waals surface area contributed by atoms with Crippen LogP contribution in [0.15, 0.2) is 150 Å². The van der Waals surface area contributed by atoms with Crippen molar-refractivity contribution in [3.63, 3.8) is 0 Å². The summed E-state index contributed by atoms with van der Waals surface area (Å²) in [5.74, 6) is 0. The summed E-state index contributed by atoms with van der Waals surface area (Å²) >= 11 is 0. The molecule has 8 aromatic rings. The van der Waals surface area contributed by atoms with E-state index in [4.69, 9.17) is 4.42 Å². The van der Waals surface area contributed by atoms with Crippen LogP contribution in [0.1, 0.15) is 0 Å². The van der Waals surface area contributed by atoms with Crippen LogP contribution in [0.25, 0.3) is 76.9 Å². The Morgan fingerprint density at radius 2 is 0.795 bits per heavy atom. The molecule has 8 rings (SSSR count). The van der Waals surface area contributed by atoms with Crippen LogP contribution in [0, 0.1) is 0 Å². The second kappa shape index (κ2) is 8.72. The summed E-state index contributed by atoms with van der Waals surface area (Å²) in [4.78, 5) is 0. The first-order valence-electron chi connectivity index (χ1n) is 13.4. The number of hydrogen-bond acceptors (Lipinski definition) is 1. The molecule has 0 aliphatic rings. The molecule has 0 fully saturated rings. The molecule has 1 aromatic heterocycles. The molecule has 1 heteroatoms. The number of furan rings is 1. The zero-order valence-corrected chi connectivity index (χ0v) is 21.3. The maximum Gasteiger partial charge on any atom is 0.136 e. The first-order valence-corrected chi connectivity index (χ1v) is 13.4. The van der Waals surface area contributed by atoms with E-state index in [1.54, 1.807) is 0 Å². The molecule has 0 saturated carbocycles. The fraction of sp³-hybridized carbons (Fsp3) is 0. The van der Waals surface area contributed by atoms with E-state index >= 15 is 0 Å². The molecule has 0 bridgehead atoms. The van der Waals surface area contributed by atoms with Gasteiger partial charge in [-0.05, 0) is 61.5 Å². The third-order valence-electron chi connectivity index (χ3n) is 7.87. The van der Waals surface area contributed by atoms with Crippen molar-refractivity contribution >= 4 is 43.5 Å². The highest BCUT2D eigenvalue weighted by atomic mass is 16.3. The smallest absolute Gasteiger partial charge is 0.136 e. The molecule has 0 amide bonds. The van der Waals surface area contributed by atoms with Gasteiger partial charge in [0, 0.05) is 16.3 Å². The van der Waals surface area contributed by atoms with Crippen molar-refractivity contribution in [3.8, 4) is 33.4 Å². The number of para-hydroxylation sites is 1. The fourth-order valence-corrected chi connectivity index (χ4v) is 6.25. The lowest BCUT2D eigenvalue weighted by Gasteiger charge is -2.20. The lowest BCUT2D eigenvalue weighted by Crippen LogP contribution is -1.93. The van der Waals surface area contributed by atoms with Crippen LogP contribution in [0.5, 0.6) is 0 Å². The van der Waals surface area contributed by atoms with Gasteiger partial charge in [0.1, 0.15) is 11.2 Å². The van der Waals surface area contributed by atoms with E-state index in [9.17, 15) is 0 Å². The Labute approximate surface area is 226 Å². The first kappa shape index (κ1) is 21.9. The zero-order chi connectivity index (χ0) is 25.8. The largest absolute Gasteiger partial charge is 0.456 e. The van der Waals surface area contributed by atoms with Gasteiger partial charge in [0.2, 0.25) is 0 Å². The predicted molar refractivity (Wildman–Crippen MR) is 165 cm³/mol. The Morgan fingerprint density at radius 3 is 1.41 bits per heavy atom. The molecule has 39 heavy (non-hydrogen) atoms. The van der Waals surface area contributed by atoms with Crippen LogP contribution < -0.4 is 0 Å². The van der Waals surface area contributed by atoms with Gasteiger partial charge in [-0.3, -0.25) is 0 Å². The maximum atomic E-state index is 6.42. The third kappa shape index (κ3) is 3.34. The minimum atomic E-state index is 0.908. The molecule has 0 aliphatic carbocycles. The molecule has 0 aliphatic heterocycles. The standard InChI is InChI=1S/C38H24O/c1-3-13-25(14-4-1)27-23-24-34-37(32-21-11-12-22-33(32)39-34)38(27)36-30-19-9-7-17-28(30)35(26-15-5-2-6-16-26)29-18-8-10-20-31(29)36/h1-24H. The van der Waals surface area contributed by atoms with Gasteiger partial charge in [-0.1, -0.05) is 133 Å². The van der Waals surface area contributed by atoms with E-state index in [-0.39, 0.29) is 0 Å². The van der Waals surface area contributed by atoms with Crippen molar-refractivity contribution < 1.29 is 4.42 Å². The van der Waals surface area contributed by atoms with Gasteiger partial charge < -0.3 is 4.42 Å². The highest BCUT2D eigenvalue weighted by molar-refractivity contribution is 6.27. The molecule has 7 aromatic carbocycles. The van der Waals surface area contributed by atoms with Crippen molar-refractivity contribution in [1.29, 1.82) is 0 Å². The van der Waals surface area contributed by atoms with Gasteiger partial charge in [-0.15, -0.1) is 0 Å². The predicted octanol–water partition coefficient (Wildman–Crippen LogP) is 10.9. The van der Waals surface area contributed by atoms with Crippen molar-refractivity contribution in [1.82, 2.24) is 0 Å². The van der Waals surface area contributed by atoms with Crippen LogP contribution >= 0.6 is 0 Å². The summed E-state index contributed by atoms with van der Waals surface area (Å²) in [5, 5.41) is 7.28. The average molecular weight is 497 g/mol. The quantitative estimate of drug-likeness (QED) is 0.222. The summed E-state index contributed by atoms with van der Waals surface area (Å²) < 4.78 is 6.42. The molecular formula is C38H24O. The van der Waals surface area contributed by atoms with Crippen molar-refractivity contribution in [2.24, 2.45) is 0 Å². The summed E-state index contributed by atoms with van der Waals surface area (Å²) in [6.07, 6.45) is 0. The van der Waals surface area contributed by atoms with Crippen molar-refractivity contribution in [2.45, 2.75) is 0 Å². The highest BCUT2D eigenvalue weighted by Crippen LogP contribution is 2.49. The molecular weight excluding hydrogens is 472 g/mol. The number of benzene rings is 7. The van der Waals surface area contributed by atoms with Crippen LogP contribution in [0.2, 0.25) is 0 Å². The molecule has 0 unspecified atom stereocenters. The van der Waals surface area contributed by atoms with E-state index in [1.807, 2.05) is 6.07 Å².